The van der Waals surface area contributed by atoms with E-state index in [4.69, 9.17) is 0 Å². The first kappa shape index (κ1) is 24.2. The first-order chi connectivity index (χ1) is 15.6. The maximum atomic E-state index is 12.6. The summed E-state index contributed by atoms with van der Waals surface area (Å²) >= 11 is 0. The van der Waals surface area contributed by atoms with E-state index in [1.807, 2.05) is 24.3 Å². The molecule has 1 unspecified atom stereocenters. The molecule has 176 valence electrons. The lowest BCUT2D eigenvalue weighted by molar-refractivity contribution is -0.384. The molecule has 0 aromatic heterocycles. The zero-order valence-electron chi connectivity index (χ0n) is 18.4. The number of rotatable bonds is 8. The van der Waals surface area contributed by atoms with Gasteiger partial charge in [0, 0.05) is 38.9 Å². The largest absolute Gasteiger partial charge is 0.378 e. The third-order valence-electron chi connectivity index (χ3n) is 5.55. The molecule has 1 aliphatic rings. The second-order valence-electron chi connectivity index (χ2n) is 7.87. The Bertz CT molecular complexity index is 1180. The number of benzene rings is 2. The van der Waals surface area contributed by atoms with Crippen LogP contribution in [-0.2, 0) is 25.8 Å². The minimum Gasteiger partial charge on any atom is -0.378 e. The SMILES string of the molecule is CC(=O)N1CCc2ccccc2C1CC(=O)NCCNc1ccc(S(C)(=O)=O)cc1[N+](=O)[O-]. The molecule has 2 aromatic rings. The van der Waals surface area contributed by atoms with Crippen LogP contribution < -0.4 is 10.6 Å². The van der Waals surface area contributed by atoms with Crippen LogP contribution in [0.15, 0.2) is 47.4 Å². The van der Waals surface area contributed by atoms with Gasteiger partial charge in [0.2, 0.25) is 11.8 Å². The second-order valence-corrected chi connectivity index (χ2v) is 9.88. The van der Waals surface area contributed by atoms with Gasteiger partial charge in [0.1, 0.15) is 5.69 Å². The van der Waals surface area contributed by atoms with Gasteiger partial charge in [-0.2, -0.15) is 0 Å². The van der Waals surface area contributed by atoms with Crippen LogP contribution in [0.25, 0.3) is 0 Å². The summed E-state index contributed by atoms with van der Waals surface area (Å²) in [5.41, 5.74) is 1.89. The Kier molecular flexibility index (Phi) is 7.32. The number of hydrogen-bond acceptors (Lipinski definition) is 7. The first-order valence-electron chi connectivity index (χ1n) is 10.4. The van der Waals surface area contributed by atoms with Crippen molar-refractivity contribution in [3.63, 3.8) is 0 Å². The summed E-state index contributed by atoms with van der Waals surface area (Å²) < 4.78 is 23.3. The van der Waals surface area contributed by atoms with Crippen LogP contribution in [-0.4, -0.2) is 55.9 Å². The normalized spacial score (nSPS) is 15.5. The molecule has 0 aliphatic carbocycles. The molecule has 0 radical (unpaired) electrons. The minimum absolute atomic E-state index is 0.0891. The number of nitro groups is 1. The maximum absolute atomic E-state index is 12.6. The predicted molar refractivity (Wildman–Crippen MR) is 123 cm³/mol. The lowest BCUT2D eigenvalue weighted by Gasteiger charge is -2.36. The molecule has 0 spiro atoms. The fourth-order valence-electron chi connectivity index (χ4n) is 3.94. The van der Waals surface area contributed by atoms with Crippen molar-refractivity contribution in [2.45, 2.75) is 30.7 Å². The average Bonchev–Trinajstić information content (AvgIpc) is 2.76. The van der Waals surface area contributed by atoms with Gasteiger partial charge < -0.3 is 15.5 Å². The van der Waals surface area contributed by atoms with Crippen LogP contribution in [0.1, 0.15) is 30.5 Å². The summed E-state index contributed by atoms with van der Waals surface area (Å²) in [6.45, 7) is 2.43. The highest BCUT2D eigenvalue weighted by atomic mass is 32.2. The summed E-state index contributed by atoms with van der Waals surface area (Å²) in [5.74, 6) is -0.333. The predicted octanol–water partition coefficient (Wildman–Crippen LogP) is 2.06. The number of carbonyl (C=O) groups is 2. The van der Waals surface area contributed by atoms with Gasteiger partial charge in [-0.3, -0.25) is 19.7 Å². The summed E-state index contributed by atoms with van der Waals surface area (Å²) in [4.78, 5) is 36.9. The van der Waals surface area contributed by atoms with Gasteiger partial charge in [-0.05, 0) is 29.7 Å². The smallest absolute Gasteiger partial charge is 0.293 e. The van der Waals surface area contributed by atoms with Crippen molar-refractivity contribution in [1.82, 2.24) is 10.2 Å². The summed E-state index contributed by atoms with van der Waals surface area (Å²) in [7, 11) is -3.58. The Hall–Kier alpha value is -3.47. The number of hydrogen-bond donors (Lipinski definition) is 2. The fraction of sp³-hybridized carbons (Fsp3) is 0.364. The monoisotopic (exact) mass is 474 g/mol. The van der Waals surface area contributed by atoms with E-state index in [-0.39, 0.29) is 53.6 Å². The zero-order chi connectivity index (χ0) is 24.2. The molecule has 1 atom stereocenters. The Morgan fingerprint density at radius 2 is 1.91 bits per heavy atom. The molecule has 0 bridgehead atoms. The molecular formula is C22H26N4O6S. The van der Waals surface area contributed by atoms with E-state index in [0.29, 0.717) is 6.54 Å². The van der Waals surface area contributed by atoms with Crippen LogP contribution in [0.3, 0.4) is 0 Å². The third-order valence-corrected chi connectivity index (χ3v) is 6.66. The average molecular weight is 475 g/mol. The van der Waals surface area contributed by atoms with Crippen molar-refractivity contribution in [2.24, 2.45) is 0 Å². The number of anilines is 1. The van der Waals surface area contributed by atoms with Crippen molar-refractivity contribution in [2.75, 3.05) is 31.2 Å². The third kappa shape index (κ3) is 5.86. The van der Waals surface area contributed by atoms with Crippen LogP contribution in [0.2, 0.25) is 0 Å². The van der Waals surface area contributed by atoms with Gasteiger partial charge in [0.25, 0.3) is 5.69 Å². The Labute approximate surface area is 192 Å². The maximum Gasteiger partial charge on any atom is 0.293 e. The first-order valence-corrected chi connectivity index (χ1v) is 12.3. The molecule has 3 rings (SSSR count). The molecule has 0 fully saturated rings. The number of nitro benzene ring substituents is 1. The number of nitrogens with zero attached hydrogens (tertiary/aromatic N) is 2. The van der Waals surface area contributed by atoms with E-state index >= 15 is 0 Å². The van der Waals surface area contributed by atoms with E-state index in [1.54, 1.807) is 4.90 Å². The van der Waals surface area contributed by atoms with Crippen LogP contribution in [0.4, 0.5) is 11.4 Å². The number of sulfone groups is 1. The van der Waals surface area contributed by atoms with E-state index in [1.165, 1.54) is 19.1 Å². The van der Waals surface area contributed by atoms with E-state index in [0.717, 1.165) is 29.9 Å². The molecule has 10 nitrogen and oxygen atoms in total. The summed E-state index contributed by atoms with van der Waals surface area (Å²) in [6, 6.07) is 11.1. The fourth-order valence-corrected chi connectivity index (χ4v) is 4.58. The van der Waals surface area contributed by atoms with E-state index in [9.17, 15) is 28.1 Å². The standard InChI is InChI=1S/C22H26N4O6S/c1-15(27)25-12-9-16-5-3-4-6-18(16)20(25)14-22(28)24-11-10-23-19-8-7-17(33(2,31)32)13-21(19)26(29)30/h3-8,13,20,23H,9-12,14H2,1-2H3,(H,24,28). The van der Waals surface area contributed by atoms with Gasteiger partial charge in [0.05, 0.1) is 22.3 Å². The number of carbonyl (C=O) groups excluding carboxylic acids is 2. The summed E-state index contributed by atoms with van der Waals surface area (Å²) in [5, 5.41) is 16.9. The highest BCUT2D eigenvalue weighted by Crippen LogP contribution is 2.32. The highest BCUT2D eigenvalue weighted by Gasteiger charge is 2.30. The summed E-state index contributed by atoms with van der Waals surface area (Å²) in [6.07, 6.45) is 1.83. The van der Waals surface area contributed by atoms with Crippen LogP contribution in [0.5, 0.6) is 0 Å². The molecule has 1 aliphatic heterocycles. The molecule has 2 N–H and O–H groups in total. The van der Waals surface area contributed by atoms with Gasteiger partial charge in [-0.25, -0.2) is 8.42 Å². The molecule has 2 amide bonds. The van der Waals surface area contributed by atoms with Crippen molar-refractivity contribution in [1.29, 1.82) is 0 Å². The molecule has 1 heterocycles. The molecule has 33 heavy (non-hydrogen) atoms. The lowest BCUT2D eigenvalue weighted by Crippen LogP contribution is -2.41. The van der Waals surface area contributed by atoms with Crippen molar-refractivity contribution >= 4 is 33.0 Å². The lowest BCUT2D eigenvalue weighted by atomic mass is 9.90. The number of fused-ring (bicyclic) bond motifs is 1. The highest BCUT2D eigenvalue weighted by molar-refractivity contribution is 7.90. The molecule has 2 aromatic carbocycles. The minimum atomic E-state index is -3.58. The zero-order valence-corrected chi connectivity index (χ0v) is 19.2. The molecular weight excluding hydrogens is 448 g/mol. The topological polar surface area (TPSA) is 139 Å². The van der Waals surface area contributed by atoms with Gasteiger partial charge in [-0.15, -0.1) is 0 Å². The van der Waals surface area contributed by atoms with Crippen molar-refractivity contribution in [3.05, 3.63) is 63.7 Å². The number of nitrogens with one attached hydrogen (secondary N) is 2. The van der Waals surface area contributed by atoms with Crippen molar-refractivity contribution < 1.29 is 22.9 Å². The number of amides is 2. The van der Waals surface area contributed by atoms with Gasteiger partial charge in [-0.1, -0.05) is 24.3 Å². The van der Waals surface area contributed by atoms with E-state index in [2.05, 4.69) is 10.6 Å². The Morgan fingerprint density at radius 3 is 2.58 bits per heavy atom. The second kappa shape index (κ2) is 9.99. The quantitative estimate of drug-likeness (QED) is 0.339. The van der Waals surface area contributed by atoms with Crippen LogP contribution >= 0.6 is 0 Å². The molecule has 0 saturated heterocycles. The van der Waals surface area contributed by atoms with Crippen LogP contribution in [0, 0.1) is 10.1 Å². The van der Waals surface area contributed by atoms with Gasteiger partial charge >= 0.3 is 0 Å². The van der Waals surface area contributed by atoms with E-state index < -0.39 is 14.8 Å². The van der Waals surface area contributed by atoms with Crippen molar-refractivity contribution in [3.8, 4) is 0 Å². The van der Waals surface area contributed by atoms with Gasteiger partial charge in [0.15, 0.2) is 9.84 Å². The Morgan fingerprint density at radius 1 is 1.18 bits per heavy atom. The Balaban J connectivity index is 1.60. The molecule has 11 heteroatoms. The molecule has 0 saturated carbocycles.